The van der Waals surface area contributed by atoms with Crippen LogP contribution < -0.4 is 16.0 Å². The van der Waals surface area contributed by atoms with Crippen molar-refractivity contribution in [3.05, 3.63) is 70.8 Å². The van der Waals surface area contributed by atoms with E-state index < -0.39 is 11.9 Å². The third kappa shape index (κ3) is 4.00. The third-order valence-corrected chi connectivity index (χ3v) is 4.98. The molecule has 4 N–H and O–H groups in total. The smallest absolute Gasteiger partial charge is 0.336 e. The Morgan fingerprint density at radius 2 is 2.00 bits per heavy atom. The largest absolute Gasteiger partial charge is 0.478 e. The predicted octanol–water partition coefficient (Wildman–Crippen LogP) is 2.50. The summed E-state index contributed by atoms with van der Waals surface area (Å²) in [6.07, 6.45) is 0.474. The lowest BCUT2D eigenvalue weighted by Gasteiger charge is -2.23. The van der Waals surface area contributed by atoms with Crippen LogP contribution >= 0.6 is 0 Å². The number of primary amides is 1. The molecule has 3 aromatic rings. The molecule has 31 heavy (non-hydrogen) atoms. The van der Waals surface area contributed by atoms with Crippen molar-refractivity contribution in [1.29, 1.82) is 0 Å². The molecule has 1 atom stereocenters. The van der Waals surface area contributed by atoms with Gasteiger partial charge in [-0.05, 0) is 48.7 Å². The van der Waals surface area contributed by atoms with Crippen LogP contribution in [0.5, 0.6) is 0 Å². The minimum absolute atomic E-state index is 0.0955. The number of benzene rings is 2. The van der Waals surface area contributed by atoms with E-state index in [1.165, 1.54) is 12.1 Å². The summed E-state index contributed by atoms with van der Waals surface area (Å²) in [5.41, 5.74) is 7.58. The first kappa shape index (κ1) is 20.2. The molecule has 1 aliphatic heterocycles. The quantitative estimate of drug-likeness (QED) is 0.552. The summed E-state index contributed by atoms with van der Waals surface area (Å²) in [5, 5.41) is 12.5. The van der Waals surface area contributed by atoms with Crippen molar-refractivity contribution in [2.75, 3.05) is 10.2 Å². The van der Waals surface area contributed by atoms with E-state index in [9.17, 15) is 19.1 Å². The van der Waals surface area contributed by atoms with Crippen LogP contribution in [0.2, 0.25) is 0 Å². The van der Waals surface area contributed by atoms with Crippen molar-refractivity contribution in [3.63, 3.8) is 0 Å². The van der Waals surface area contributed by atoms with E-state index >= 15 is 0 Å². The molecule has 0 bridgehead atoms. The molecule has 158 valence electrons. The fourth-order valence-electron chi connectivity index (χ4n) is 3.63. The van der Waals surface area contributed by atoms with E-state index in [0.29, 0.717) is 23.2 Å². The topological polar surface area (TPSA) is 134 Å². The summed E-state index contributed by atoms with van der Waals surface area (Å²) in [4.78, 5) is 37.8. The molecule has 9 nitrogen and oxygen atoms in total. The van der Waals surface area contributed by atoms with Gasteiger partial charge in [0, 0.05) is 18.3 Å². The maximum Gasteiger partial charge on any atom is 0.336 e. The van der Waals surface area contributed by atoms with Gasteiger partial charge in [0.15, 0.2) is 0 Å². The predicted molar refractivity (Wildman–Crippen MR) is 111 cm³/mol. The number of amides is 1. The van der Waals surface area contributed by atoms with Crippen molar-refractivity contribution in [2.45, 2.75) is 25.9 Å². The number of carbonyl (C=O) groups excluding carboxylic acids is 1. The van der Waals surface area contributed by atoms with E-state index in [-0.39, 0.29) is 41.7 Å². The molecule has 1 unspecified atom stereocenters. The highest BCUT2D eigenvalue weighted by Crippen LogP contribution is 2.38. The Hall–Kier alpha value is -4.08. The Labute approximate surface area is 176 Å². The van der Waals surface area contributed by atoms with Gasteiger partial charge in [0.25, 0.3) is 5.91 Å². The van der Waals surface area contributed by atoms with Gasteiger partial charge >= 0.3 is 5.97 Å². The first-order valence-corrected chi connectivity index (χ1v) is 9.52. The molecule has 0 radical (unpaired) electrons. The second-order valence-electron chi connectivity index (χ2n) is 7.16. The Morgan fingerprint density at radius 3 is 2.71 bits per heavy atom. The van der Waals surface area contributed by atoms with Crippen LogP contribution in [0.4, 0.5) is 22.0 Å². The zero-order chi connectivity index (χ0) is 22.1. The zero-order valence-corrected chi connectivity index (χ0v) is 16.5. The van der Waals surface area contributed by atoms with E-state index in [2.05, 4.69) is 20.3 Å². The third-order valence-electron chi connectivity index (χ3n) is 4.98. The average molecular weight is 422 g/mol. The van der Waals surface area contributed by atoms with E-state index in [0.717, 1.165) is 0 Å². The minimum atomic E-state index is -1.02. The van der Waals surface area contributed by atoms with Crippen molar-refractivity contribution >= 4 is 29.5 Å². The number of rotatable bonds is 6. The number of carboxylic acid groups (broad SMARTS) is 1. The molecular formula is C21H19FN6O3. The SMILES string of the molecule is CC1Cc2c(C(=O)O)cccc2N1c1nc(NCc2cccc(F)c2)nc(C(N)=O)n1. The molecule has 0 saturated carbocycles. The molecule has 1 amide bonds. The maximum atomic E-state index is 13.4. The maximum absolute atomic E-state index is 13.4. The van der Waals surface area contributed by atoms with Gasteiger partial charge in [0.2, 0.25) is 17.7 Å². The Kier molecular flexibility index (Phi) is 5.20. The first-order valence-electron chi connectivity index (χ1n) is 9.52. The number of carboxylic acids is 1. The molecule has 2 aromatic carbocycles. The standard InChI is InChI=1S/C21H19FN6O3/c1-11-8-15-14(19(30)31)6-3-7-16(15)28(11)21-26-18(17(23)29)25-20(27-21)24-10-12-4-2-5-13(22)9-12/h2-7,9,11H,8,10H2,1H3,(H2,23,29)(H,30,31)(H,24,25,26,27). The molecule has 0 fully saturated rings. The minimum Gasteiger partial charge on any atom is -0.478 e. The summed E-state index contributed by atoms with van der Waals surface area (Å²) >= 11 is 0. The van der Waals surface area contributed by atoms with Crippen LogP contribution in [0.25, 0.3) is 0 Å². The second kappa shape index (κ2) is 7.98. The summed E-state index contributed by atoms with van der Waals surface area (Å²) < 4.78 is 13.4. The number of nitrogens with one attached hydrogen (secondary N) is 1. The van der Waals surface area contributed by atoms with Crippen LogP contribution in [-0.4, -0.2) is 38.0 Å². The van der Waals surface area contributed by atoms with Gasteiger partial charge < -0.3 is 21.1 Å². The second-order valence-corrected chi connectivity index (χ2v) is 7.16. The van der Waals surface area contributed by atoms with Crippen molar-refractivity contribution < 1.29 is 19.1 Å². The monoisotopic (exact) mass is 422 g/mol. The van der Waals surface area contributed by atoms with Crippen LogP contribution in [0.1, 0.15) is 39.0 Å². The van der Waals surface area contributed by atoms with Gasteiger partial charge in [-0.25, -0.2) is 9.18 Å². The fraction of sp³-hybridized carbons (Fsp3) is 0.190. The number of aromatic nitrogens is 3. The van der Waals surface area contributed by atoms with Gasteiger partial charge in [0.1, 0.15) is 5.82 Å². The van der Waals surface area contributed by atoms with Gasteiger partial charge in [-0.2, -0.15) is 15.0 Å². The summed E-state index contributed by atoms with van der Waals surface area (Å²) in [6.45, 7) is 2.12. The molecule has 1 aromatic heterocycles. The van der Waals surface area contributed by atoms with E-state index in [4.69, 9.17) is 5.73 Å². The lowest BCUT2D eigenvalue weighted by atomic mass is 10.0. The van der Waals surface area contributed by atoms with E-state index in [1.807, 2.05) is 6.92 Å². The Bertz CT molecular complexity index is 1190. The summed E-state index contributed by atoms with van der Waals surface area (Å²) in [6, 6.07) is 10.8. The van der Waals surface area contributed by atoms with Crippen molar-refractivity contribution in [3.8, 4) is 0 Å². The van der Waals surface area contributed by atoms with Crippen LogP contribution in [-0.2, 0) is 13.0 Å². The van der Waals surface area contributed by atoms with Crippen LogP contribution in [0, 0.1) is 5.82 Å². The lowest BCUT2D eigenvalue weighted by Crippen LogP contribution is -2.28. The van der Waals surface area contributed by atoms with Gasteiger partial charge in [-0.15, -0.1) is 0 Å². The number of nitrogens with zero attached hydrogens (tertiary/aromatic N) is 4. The van der Waals surface area contributed by atoms with E-state index in [1.54, 1.807) is 35.2 Å². The number of carbonyl (C=O) groups is 2. The zero-order valence-electron chi connectivity index (χ0n) is 16.5. The summed E-state index contributed by atoms with van der Waals surface area (Å²) in [5.74, 6) is -2.19. The van der Waals surface area contributed by atoms with Crippen molar-refractivity contribution in [1.82, 2.24) is 15.0 Å². The molecule has 4 rings (SSSR count). The number of fused-ring (bicyclic) bond motifs is 1. The Morgan fingerprint density at radius 1 is 1.23 bits per heavy atom. The average Bonchev–Trinajstić information content (AvgIpc) is 3.07. The van der Waals surface area contributed by atoms with Gasteiger partial charge in [-0.3, -0.25) is 4.79 Å². The Balaban J connectivity index is 1.71. The molecule has 0 saturated heterocycles. The number of aromatic carboxylic acids is 1. The lowest BCUT2D eigenvalue weighted by molar-refractivity contribution is 0.0695. The fourth-order valence-corrected chi connectivity index (χ4v) is 3.63. The first-order chi connectivity index (χ1) is 14.8. The van der Waals surface area contributed by atoms with Gasteiger partial charge in [0.05, 0.1) is 5.56 Å². The van der Waals surface area contributed by atoms with Gasteiger partial charge in [-0.1, -0.05) is 18.2 Å². The van der Waals surface area contributed by atoms with Crippen LogP contribution in [0.15, 0.2) is 42.5 Å². The highest BCUT2D eigenvalue weighted by Gasteiger charge is 2.33. The molecule has 1 aliphatic rings. The molecular weight excluding hydrogens is 403 g/mol. The number of hydrogen-bond acceptors (Lipinski definition) is 7. The molecule has 10 heteroatoms. The highest BCUT2D eigenvalue weighted by atomic mass is 19.1. The molecule has 0 spiro atoms. The number of nitrogens with two attached hydrogens (primary N) is 1. The van der Waals surface area contributed by atoms with Crippen molar-refractivity contribution in [2.24, 2.45) is 5.73 Å². The number of anilines is 3. The molecule has 0 aliphatic carbocycles. The normalized spacial score (nSPS) is 14.9. The highest BCUT2D eigenvalue weighted by molar-refractivity contribution is 5.93. The number of hydrogen-bond donors (Lipinski definition) is 3. The number of halogens is 1. The molecule has 2 heterocycles. The van der Waals surface area contributed by atoms with Crippen LogP contribution in [0.3, 0.4) is 0 Å². The summed E-state index contributed by atoms with van der Waals surface area (Å²) in [7, 11) is 0.